The maximum atomic E-state index is 15.2. The number of hydrogen-bond donors (Lipinski definition) is 0. The number of aromatic nitrogens is 2. The molecule has 0 spiro atoms. The Morgan fingerprint density at radius 1 is 1.19 bits per heavy atom. The molecular weight excluding hydrogens is 555 g/mol. The van der Waals surface area contributed by atoms with E-state index < -0.39 is 47.0 Å². The fraction of sp³-hybridized carbons (Fsp3) is 0.143. The number of carbonyl (C=O) groups excluding carboxylic acids is 2. The van der Waals surface area contributed by atoms with Gasteiger partial charge in [0.25, 0.3) is 5.91 Å². The lowest BCUT2D eigenvalue weighted by Crippen LogP contribution is -2.36. The molecule has 0 saturated heterocycles. The molecule has 2 aromatic carbocycles. The minimum Gasteiger partial charge on any atom is -0.453 e. The topological polar surface area (TPSA) is 97.5 Å². The highest BCUT2D eigenvalue weighted by Crippen LogP contribution is 2.35. The zero-order valence-electron chi connectivity index (χ0n) is 17.7. The molecule has 3 rings (SSSR count). The zero-order valence-corrected chi connectivity index (χ0v) is 20.0. The van der Waals surface area contributed by atoms with Crippen LogP contribution in [0.15, 0.2) is 36.7 Å². The molecular formula is C21H11Cl3F4N4O4. The lowest BCUT2D eigenvalue weighted by molar-refractivity contribution is -0.200. The predicted octanol–water partition coefficient (Wildman–Crippen LogP) is 5.44. The number of nitrogens with zero attached hydrogens (tertiary/aromatic N) is 4. The summed E-state index contributed by atoms with van der Waals surface area (Å²) in [5.74, 6) is -5.03. The zero-order chi connectivity index (χ0) is 26.8. The van der Waals surface area contributed by atoms with Gasteiger partial charge in [0.15, 0.2) is 22.4 Å². The monoisotopic (exact) mass is 564 g/mol. The Kier molecular flexibility index (Phi) is 7.98. The highest BCUT2D eigenvalue weighted by molar-refractivity contribution is 6.32. The van der Waals surface area contributed by atoms with Gasteiger partial charge < -0.3 is 14.5 Å². The third-order valence-corrected chi connectivity index (χ3v) is 5.20. The molecule has 0 atom stereocenters. The summed E-state index contributed by atoms with van der Waals surface area (Å²) in [6.45, 7) is -0.439. The molecule has 1 aromatic heterocycles. The Hall–Kier alpha value is -3.53. The summed E-state index contributed by atoms with van der Waals surface area (Å²) in [5, 5.41) is 8.52. The molecule has 0 aliphatic heterocycles. The van der Waals surface area contributed by atoms with E-state index in [9.17, 15) is 22.8 Å². The molecule has 8 nitrogen and oxygen atoms in total. The summed E-state index contributed by atoms with van der Waals surface area (Å²) < 4.78 is 58.5. The van der Waals surface area contributed by atoms with Gasteiger partial charge in [-0.1, -0.05) is 40.9 Å². The molecule has 3 aromatic rings. The number of ether oxygens (including phenoxy) is 1. The number of hydrogen-bond acceptors (Lipinski definition) is 6. The fourth-order valence-electron chi connectivity index (χ4n) is 2.81. The molecule has 1 heterocycles. The average Bonchev–Trinajstić information content (AvgIpc) is 3.16. The fourth-order valence-corrected chi connectivity index (χ4v) is 3.42. The molecule has 36 heavy (non-hydrogen) atoms. The Bertz CT molecular complexity index is 1390. The maximum absolute atomic E-state index is 15.2. The second-order valence-electron chi connectivity index (χ2n) is 6.99. The van der Waals surface area contributed by atoms with E-state index in [1.165, 1.54) is 37.4 Å². The van der Waals surface area contributed by atoms with Crippen LogP contribution >= 0.6 is 34.8 Å². The normalized spacial score (nSPS) is 11.1. The largest absolute Gasteiger partial charge is 0.493 e. The third-order valence-electron chi connectivity index (χ3n) is 4.41. The number of halogens is 7. The first-order chi connectivity index (χ1) is 16.8. The molecule has 0 fully saturated rings. The SMILES string of the molecule is CN(Cc1ccc(Cl)c(Oc2cc(Cl)cc(C#N)c2)c1F)C(=O)c1c(Cl)ncn1OC(=O)C(F)(F)F. The standard InChI is InChI=1S/C21H11Cl3F4N4O4/c1-31(19(33)16-18(24)30-9-32(16)36-20(34)21(26,27)28)8-11-2-3-14(23)17(15(11)25)35-13-5-10(7-29)4-12(22)6-13/h2-6,9H,8H2,1H3. The van der Waals surface area contributed by atoms with Crippen molar-refractivity contribution in [2.45, 2.75) is 12.7 Å². The van der Waals surface area contributed by atoms with E-state index in [0.717, 1.165) is 4.90 Å². The Labute approximate surface area is 215 Å². The Morgan fingerprint density at radius 2 is 1.89 bits per heavy atom. The van der Waals surface area contributed by atoms with Crippen molar-refractivity contribution in [2.75, 3.05) is 7.05 Å². The van der Waals surface area contributed by atoms with Crippen LogP contribution in [0.3, 0.4) is 0 Å². The van der Waals surface area contributed by atoms with Crippen LogP contribution in [0.4, 0.5) is 17.6 Å². The van der Waals surface area contributed by atoms with Crippen molar-refractivity contribution in [1.29, 1.82) is 5.26 Å². The molecule has 0 radical (unpaired) electrons. The van der Waals surface area contributed by atoms with Crippen molar-refractivity contribution in [3.63, 3.8) is 0 Å². The lowest BCUT2D eigenvalue weighted by Gasteiger charge is -2.19. The number of carbonyl (C=O) groups is 2. The molecule has 188 valence electrons. The Morgan fingerprint density at radius 3 is 2.53 bits per heavy atom. The number of rotatable bonds is 6. The summed E-state index contributed by atoms with van der Waals surface area (Å²) in [6, 6.07) is 8.39. The van der Waals surface area contributed by atoms with Gasteiger partial charge in [0, 0.05) is 24.2 Å². The van der Waals surface area contributed by atoms with E-state index in [-0.39, 0.29) is 31.7 Å². The predicted molar refractivity (Wildman–Crippen MR) is 118 cm³/mol. The number of imidazole rings is 1. The number of amides is 1. The van der Waals surface area contributed by atoms with E-state index in [1.807, 2.05) is 6.07 Å². The van der Waals surface area contributed by atoms with Crippen LogP contribution in [0.2, 0.25) is 15.2 Å². The van der Waals surface area contributed by atoms with E-state index >= 15 is 4.39 Å². The average molecular weight is 566 g/mol. The maximum Gasteiger partial charge on any atom is 0.493 e. The van der Waals surface area contributed by atoms with Crippen LogP contribution in [-0.4, -0.2) is 39.7 Å². The second-order valence-corrected chi connectivity index (χ2v) is 8.19. The second kappa shape index (κ2) is 10.6. The Balaban J connectivity index is 1.86. The molecule has 0 aliphatic carbocycles. The molecule has 1 amide bonds. The van der Waals surface area contributed by atoms with E-state index in [2.05, 4.69) is 9.82 Å². The van der Waals surface area contributed by atoms with Gasteiger partial charge in [-0.3, -0.25) is 4.79 Å². The molecule has 0 unspecified atom stereocenters. The highest BCUT2D eigenvalue weighted by atomic mass is 35.5. The minimum absolute atomic E-state index is 0.0172. The van der Waals surface area contributed by atoms with Crippen LogP contribution in [-0.2, 0) is 11.3 Å². The smallest absolute Gasteiger partial charge is 0.453 e. The number of nitriles is 1. The minimum atomic E-state index is -5.34. The lowest BCUT2D eigenvalue weighted by atomic mass is 10.1. The van der Waals surface area contributed by atoms with Crippen LogP contribution in [0.25, 0.3) is 0 Å². The van der Waals surface area contributed by atoms with Gasteiger partial charge in [0.1, 0.15) is 12.1 Å². The van der Waals surface area contributed by atoms with E-state index in [0.29, 0.717) is 6.33 Å². The van der Waals surface area contributed by atoms with Crippen molar-refractivity contribution in [3.05, 3.63) is 74.5 Å². The summed E-state index contributed by atoms with van der Waals surface area (Å²) in [6.07, 6.45) is -4.74. The van der Waals surface area contributed by atoms with Gasteiger partial charge in [0.05, 0.1) is 16.7 Å². The van der Waals surface area contributed by atoms with E-state index in [4.69, 9.17) is 44.8 Å². The van der Waals surface area contributed by atoms with Crippen LogP contribution in [0.1, 0.15) is 21.6 Å². The first-order valence-corrected chi connectivity index (χ1v) is 10.6. The van der Waals surface area contributed by atoms with Crippen molar-refractivity contribution in [1.82, 2.24) is 14.6 Å². The molecule has 0 saturated carbocycles. The third kappa shape index (κ3) is 5.99. The summed E-state index contributed by atoms with van der Waals surface area (Å²) >= 11 is 17.8. The van der Waals surface area contributed by atoms with Gasteiger partial charge in [-0.05, 0) is 24.3 Å². The first kappa shape index (κ1) is 27.1. The van der Waals surface area contributed by atoms with Gasteiger partial charge in [0.2, 0.25) is 0 Å². The van der Waals surface area contributed by atoms with Gasteiger partial charge in [-0.2, -0.15) is 23.2 Å². The van der Waals surface area contributed by atoms with Gasteiger partial charge >= 0.3 is 12.1 Å². The highest BCUT2D eigenvalue weighted by Gasteiger charge is 2.42. The first-order valence-electron chi connectivity index (χ1n) is 9.45. The van der Waals surface area contributed by atoms with Gasteiger partial charge in [-0.25, -0.2) is 14.2 Å². The summed E-state index contributed by atoms with van der Waals surface area (Å²) in [5.41, 5.74) is -0.664. The summed E-state index contributed by atoms with van der Waals surface area (Å²) in [7, 11) is 1.19. The number of benzene rings is 2. The van der Waals surface area contributed by atoms with Crippen LogP contribution < -0.4 is 9.57 Å². The quantitative estimate of drug-likeness (QED) is 0.370. The molecule has 0 N–H and O–H groups in total. The van der Waals surface area contributed by atoms with E-state index in [1.54, 1.807) is 0 Å². The summed E-state index contributed by atoms with van der Waals surface area (Å²) in [4.78, 5) is 32.4. The van der Waals surface area contributed by atoms with Crippen molar-refractivity contribution in [2.24, 2.45) is 0 Å². The molecule has 15 heteroatoms. The molecule has 0 bridgehead atoms. The molecule has 0 aliphatic rings. The number of alkyl halides is 3. The van der Waals surface area contributed by atoms with Crippen molar-refractivity contribution in [3.8, 4) is 17.6 Å². The van der Waals surface area contributed by atoms with Crippen molar-refractivity contribution < 1.29 is 36.7 Å². The van der Waals surface area contributed by atoms with Crippen molar-refractivity contribution >= 4 is 46.7 Å². The van der Waals surface area contributed by atoms with Crippen LogP contribution in [0.5, 0.6) is 11.5 Å². The van der Waals surface area contributed by atoms with Gasteiger partial charge in [-0.15, -0.1) is 0 Å². The van der Waals surface area contributed by atoms with Crippen LogP contribution in [0, 0.1) is 17.1 Å².